The molecule has 0 aliphatic carbocycles. The lowest BCUT2D eigenvalue weighted by molar-refractivity contribution is 0.327. The average Bonchev–Trinajstić information content (AvgIpc) is 3.12. The van der Waals surface area contributed by atoms with Gasteiger partial charge in [0.15, 0.2) is 0 Å². The van der Waals surface area contributed by atoms with Crippen LogP contribution in [0.5, 0.6) is 0 Å². The van der Waals surface area contributed by atoms with Gasteiger partial charge in [0.25, 0.3) is 0 Å². The topological polar surface area (TPSA) is 95.6 Å². The second-order valence-electron chi connectivity index (χ2n) is 6.78. The number of rotatable bonds is 5. The maximum absolute atomic E-state index is 12.7. The quantitative estimate of drug-likeness (QED) is 0.741. The SMILES string of the molecule is CC1CCNCC1NS(=O)(=O)c1cccc(S(=O)(=O)N2CCCC2)c1.Cl. The highest BCUT2D eigenvalue weighted by Gasteiger charge is 2.30. The Labute approximate surface area is 162 Å². The third-order valence-electron chi connectivity index (χ3n) is 4.95. The Morgan fingerprint density at radius 3 is 2.42 bits per heavy atom. The van der Waals surface area contributed by atoms with Crippen molar-refractivity contribution >= 4 is 32.5 Å². The van der Waals surface area contributed by atoms with Gasteiger partial charge in [-0.2, -0.15) is 4.31 Å². The molecule has 10 heteroatoms. The van der Waals surface area contributed by atoms with Crippen molar-refractivity contribution in [1.82, 2.24) is 14.3 Å². The van der Waals surface area contributed by atoms with Crippen LogP contribution >= 0.6 is 12.4 Å². The van der Waals surface area contributed by atoms with Gasteiger partial charge in [0.1, 0.15) is 0 Å². The van der Waals surface area contributed by atoms with E-state index in [-0.39, 0.29) is 34.2 Å². The highest BCUT2D eigenvalue weighted by atomic mass is 35.5. The number of nitrogens with zero attached hydrogens (tertiary/aromatic N) is 1. The summed E-state index contributed by atoms with van der Waals surface area (Å²) in [6.07, 6.45) is 2.58. The van der Waals surface area contributed by atoms with Crippen LogP contribution in [0, 0.1) is 5.92 Å². The summed E-state index contributed by atoms with van der Waals surface area (Å²) in [5, 5.41) is 3.18. The Morgan fingerprint density at radius 1 is 1.12 bits per heavy atom. The van der Waals surface area contributed by atoms with Gasteiger partial charge in [0.05, 0.1) is 9.79 Å². The van der Waals surface area contributed by atoms with Crippen molar-refractivity contribution in [2.24, 2.45) is 5.92 Å². The van der Waals surface area contributed by atoms with Gasteiger partial charge in [-0.15, -0.1) is 12.4 Å². The predicted octanol–water partition coefficient (Wildman–Crippen LogP) is 1.17. The first-order valence-electron chi connectivity index (χ1n) is 8.64. The van der Waals surface area contributed by atoms with Crippen LogP contribution in [0.25, 0.3) is 0 Å². The van der Waals surface area contributed by atoms with Gasteiger partial charge in [0.2, 0.25) is 20.0 Å². The fourth-order valence-electron chi connectivity index (χ4n) is 3.29. The molecule has 2 saturated heterocycles. The minimum atomic E-state index is -3.77. The van der Waals surface area contributed by atoms with E-state index >= 15 is 0 Å². The zero-order valence-electron chi connectivity index (χ0n) is 14.7. The van der Waals surface area contributed by atoms with Gasteiger partial charge in [0, 0.05) is 25.7 Å². The van der Waals surface area contributed by atoms with E-state index in [1.54, 1.807) is 0 Å². The van der Waals surface area contributed by atoms with E-state index in [4.69, 9.17) is 0 Å². The number of piperidine rings is 1. The maximum atomic E-state index is 12.7. The number of benzene rings is 1. The zero-order valence-corrected chi connectivity index (χ0v) is 17.2. The van der Waals surface area contributed by atoms with E-state index in [1.165, 1.54) is 28.6 Å². The Hall–Kier alpha value is -0.710. The molecule has 0 saturated carbocycles. The number of hydrogen-bond donors (Lipinski definition) is 2. The summed E-state index contributed by atoms with van der Waals surface area (Å²) in [6.45, 7) is 4.45. The first-order valence-corrected chi connectivity index (χ1v) is 11.6. The molecule has 3 rings (SSSR count). The van der Waals surface area contributed by atoms with Crippen LogP contribution in [0.4, 0.5) is 0 Å². The van der Waals surface area contributed by atoms with Gasteiger partial charge in [-0.3, -0.25) is 0 Å². The third kappa shape index (κ3) is 4.58. The molecule has 0 amide bonds. The smallest absolute Gasteiger partial charge is 0.243 e. The summed E-state index contributed by atoms with van der Waals surface area (Å²) in [5.41, 5.74) is 0. The summed E-state index contributed by atoms with van der Waals surface area (Å²) >= 11 is 0. The summed E-state index contributed by atoms with van der Waals surface area (Å²) in [4.78, 5) is 0.0256. The molecule has 1 aromatic rings. The average molecular weight is 424 g/mol. The van der Waals surface area contributed by atoms with Crippen LogP contribution in [0.15, 0.2) is 34.1 Å². The molecule has 2 N–H and O–H groups in total. The molecule has 2 fully saturated rings. The minimum Gasteiger partial charge on any atom is -0.315 e. The lowest BCUT2D eigenvalue weighted by Gasteiger charge is -2.30. The summed E-state index contributed by atoms with van der Waals surface area (Å²) < 4.78 is 54.8. The molecular weight excluding hydrogens is 398 g/mol. The third-order valence-corrected chi connectivity index (χ3v) is 8.33. The summed E-state index contributed by atoms with van der Waals surface area (Å²) in [6, 6.07) is 5.44. The van der Waals surface area contributed by atoms with Crippen LogP contribution < -0.4 is 10.0 Å². The molecule has 0 spiro atoms. The molecule has 2 unspecified atom stereocenters. The Balaban J connectivity index is 0.00000243. The van der Waals surface area contributed by atoms with Gasteiger partial charge in [-0.25, -0.2) is 21.6 Å². The molecule has 148 valence electrons. The highest BCUT2D eigenvalue weighted by Crippen LogP contribution is 2.23. The second kappa shape index (κ2) is 8.53. The largest absolute Gasteiger partial charge is 0.315 e. The summed E-state index contributed by atoms with van der Waals surface area (Å²) in [7, 11) is -7.41. The second-order valence-corrected chi connectivity index (χ2v) is 10.4. The van der Waals surface area contributed by atoms with Gasteiger partial charge >= 0.3 is 0 Å². The van der Waals surface area contributed by atoms with E-state index in [2.05, 4.69) is 10.0 Å². The fraction of sp³-hybridized carbons (Fsp3) is 0.625. The number of hydrogen-bond acceptors (Lipinski definition) is 5. The molecule has 2 aliphatic heterocycles. The standard InChI is InChI=1S/C16H25N3O4S2.ClH/c1-13-7-8-17-12-16(13)18-24(20,21)14-5-4-6-15(11-14)25(22,23)19-9-2-3-10-19;/h4-6,11,13,16-18H,2-3,7-10,12H2,1H3;1H. The number of sulfonamides is 2. The van der Waals surface area contributed by atoms with Crippen LogP contribution in [0.2, 0.25) is 0 Å². The highest BCUT2D eigenvalue weighted by molar-refractivity contribution is 7.90. The Kier molecular flexibility index (Phi) is 7.09. The number of nitrogens with one attached hydrogen (secondary N) is 2. The van der Waals surface area contributed by atoms with Crippen LogP contribution in [0.1, 0.15) is 26.2 Å². The molecule has 2 atom stereocenters. The first-order chi connectivity index (χ1) is 11.8. The Bertz CT molecular complexity index is 824. The minimum absolute atomic E-state index is 0. The summed E-state index contributed by atoms with van der Waals surface area (Å²) in [5.74, 6) is 0.229. The predicted molar refractivity (Wildman–Crippen MR) is 102 cm³/mol. The molecule has 0 radical (unpaired) electrons. The molecule has 7 nitrogen and oxygen atoms in total. The molecule has 0 aromatic heterocycles. The van der Waals surface area contributed by atoms with Crippen molar-refractivity contribution in [3.05, 3.63) is 24.3 Å². The zero-order chi connectivity index (χ0) is 18.1. The van der Waals surface area contributed by atoms with E-state index in [9.17, 15) is 16.8 Å². The van der Waals surface area contributed by atoms with Crippen LogP contribution in [-0.2, 0) is 20.0 Å². The maximum Gasteiger partial charge on any atom is 0.243 e. The van der Waals surface area contributed by atoms with Crippen molar-refractivity contribution in [2.45, 2.75) is 42.0 Å². The van der Waals surface area contributed by atoms with Gasteiger partial charge in [-0.05, 0) is 49.9 Å². The number of halogens is 1. The van der Waals surface area contributed by atoms with Crippen molar-refractivity contribution in [2.75, 3.05) is 26.2 Å². The van der Waals surface area contributed by atoms with E-state index in [0.717, 1.165) is 25.8 Å². The van der Waals surface area contributed by atoms with Crippen LogP contribution in [0.3, 0.4) is 0 Å². The van der Waals surface area contributed by atoms with E-state index in [0.29, 0.717) is 19.6 Å². The van der Waals surface area contributed by atoms with Crippen molar-refractivity contribution in [1.29, 1.82) is 0 Å². The molecule has 26 heavy (non-hydrogen) atoms. The first kappa shape index (κ1) is 21.6. The van der Waals surface area contributed by atoms with Gasteiger partial charge < -0.3 is 5.32 Å². The molecule has 2 aliphatic rings. The molecular formula is C16H26ClN3O4S2. The van der Waals surface area contributed by atoms with E-state index in [1.807, 2.05) is 6.92 Å². The van der Waals surface area contributed by atoms with Crippen molar-refractivity contribution in [3.63, 3.8) is 0 Å². The van der Waals surface area contributed by atoms with Gasteiger partial charge in [-0.1, -0.05) is 13.0 Å². The molecule has 2 heterocycles. The van der Waals surface area contributed by atoms with E-state index < -0.39 is 20.0 Å². The van der Waals surface area contributed by atoms with Crippen molar-refractivity contribution in [3.8, 4) is 0 Å². The normalized spacial score (nSPS) is 25.0. The monoisotopic (exact) mass is 423 g/mol. The lowest BCUT2D eigenvalue weighted by Crippen LogP contribution is -2.50. The lowest BCUT2D eigenvalue weighted by atomic mass is 9.96. The molecule has 0 bridgehead atoms. The van der Waals surface area contributed by atoms with Crippen molar-refractivity contribution < 1.29 is 16.8 Å². The fourth-order valence-corrected chi connectivity index (χ4v) is 6.32. The molecule has 1 aromatic carbocycles. The Morgan fingerprint density at radius 2 is 1.77 bits per heavy atom. The van der Waals surface area contributed by atoms with Crippen LogP contribution in [-0.4, -0.2) is 53.4 Å².